The molecular weight excluding hydrogens is 442 g/mol. The van der Waals surface area contributed by atoms with E-state index in [1.165, 1.54) is 0 Å². The minimum absolute atomic E-state index is 0.0178. The normalized spacial score (nSPS) is 19.4. The number of hydrogen-bond donors (Lipinski definition) is 1. The predicted molar refractivity (Wildman–Crippen MR) is 107 cm³/mol. The summed E-state index contributed by atoms with van der Waals surface area (Å²) in [5, 5.41) is 18.3. The van der Waals surface area contributed by atoms with Crippen LogP contribution in [0, 0.1) is 15.9 Å². The Morgan fingerprint density at radius 3 is 2.16 bits per heavy atom. The molecule has 1 aromatic rings. The third-order valence-corrected chi connectivity index (χ3v) is 9.79. The highest BCUT2D eigenvalue weighted by molar-refractivity contribution is 6.74. The molecule has 7 nitrogen and oxygen atoms in total. The maximum Gasteiger partial charge on any atom is 0.490 e. The molecule has 1 saturated carbocycles. The minimum Gasteiger partial charge on any atom is -0.481 e. The fourth-order valence-corrected chi connectivity index (χ4v) is 3.99. The van der Waals surface area contributed by atoms with Gasteiger partial charge in [-0.1, -0.05) is 20.8 Å². The summed E-state index contributed by atoms with van der Waals surface area (Å²) in [6.45, 7) is 10.9. The van der Waals surface area contributed by atoms with Crippen LogP contribution in [0.5, 0.6) is 5.75 Å². The van der Waals surface area contributed by atoms with Crippen molar-refractivity contribution in [1.29, 1.82) is 0 Å². The lowest BCUT2D eigenvalue weighted by Crippen LogP contribution is -2.46. The van der Waals surface area contributed by atoms with Crippen molar-refractivity contribution in [2.75, 3.05) is 0 Å². The summed E-state index contributed by atoms with van der Waals surface area (Å²) >= 11 is 0. The maximum absolute atomic E-state index is 13.5. The second-order valence-corrected chi connectivity index (χ2v) is 13.4. The van der Waals surface area contributed by atoms with Crippen LogP contribution in [0.1, 0.15) is 40.0 Å². The molecule has 12 heteroatoms. The van der Waals surface area contributed by atoms with Gasteiger partial charge in [0.05, 0.1) is 11.0 Å². The van der Waals surface area contributed by atoms with Crippen LogP contribution < -0.4 is 4.74 Å². The van der Waals surface area contributed by atoms with Gasteiger partial charge in [-0.2, -0.15) is 13.2 Å². The first-order valence-electron chi connectivity index (χ1n) is 9.54. The largest absolute Gasteiger partial charge is 0.490 e. The van der Waals surface area contributed by atoms with Crippen LogP contribution in [0.15, 0.2) is 18.2 Å². The van der Waals surface area contributed by atoms with E-state index < -0.39 is 31.2 Å². The fourth-order valence-electron chi connectivity index (χ4n) is 2.61. The van der Waals surface area contributed by atoms with Crippen molar-refractivity contribution < 1.29 is 41.5 Å². The number of aliphatic carboxylic acids is 1. The molecule has 0 aromatic heterocycles. The number of rotatable bonds is 5. The second kappa shape index (κ2) is 9.94. The summed E-state index contributed by atoms with van der Waals surface area (Å²) in [6, 6.07) is 3.30. The summed E-state index contributed by atoms with van der Waals surface area (Å²) in [4.78, 5) is 19.5. The van der Waals surface area contributed by atoms with Crippen molar-refractivity contribution in [3.05, 3.63) is 34.1 Å². The molecule has 0 unspecified atom stereocenters. The Bertz CT molecular complexity index is 795. The lowest BCUT2D eigenvalue weighted by Gasteiger charge is -2.39. The van der Waals surface area contributed by atoms with E-state index in [9.17, 15) is 27.7 Å². The number of alkyl halides is 3. The number of benzene rings is 1. The summed E-state index contributed by atoms with van der Waals surface area (Å²) in [5.74, 6) is -3.32. The Balaban J connectivity index is 0.000000592. The number of hydrogen-bond acceptors (Lipinski definition) is 5. The van der Waals surface area contributed by atoms with Gasteiger partial charge in [0.2, 0.25) is 0 Å². The number of ether oxygens (including phenoxy) is 1. The highest BCUT2D eigenvalue weighted by atomic mass is 28.4. The van der Waals surface area contributed by atoms with Crippen LogP contribution in [0.3, 0.4) is 0 Å². The standard InChI is InChI=1S/C17H26FNO4Si.C2HF3O2/c1-17(2,3)24(4,5)23-15-8-6-7-14(15)22-16-11-12(18)9-10-13(16)19(20)21;3-2(4,5)1(6)7/h9-11,14-15H,6-8H2,1-5H3;(H,6,7)/t14-,15-;/m1./s1. The maximum atomic E-state index is 13.5. The molecule has 0 amide bonds. The minimum atomic E-state index is -5.08. The molecule has 1 fully saturated rings. The van der Waals surface area contributed by atoms with Crippen molar-refractivity contribution in [1.82, 2.24) is 0 Å². The first-order chi connectivity index (χ1) is 14.0. The predicted octanol–water partition coefficient (Wildman–Crippen LogP) is 5.69. The molecule has 1 aromatic carbocycles. The van der Waals surface area contributed by atoms with Crippen molar-refractivity contribution in [2.24, 2.45) is 0 Å². The first-order valence-corrected chi connectivity index (χ1v) is 12.4. The lowest BCUT2D eigenvalue weighted by atomic mass is 10.2. The zero-order chi connectivity index (χ0) is 24.2. The number of carbonyl (C=O) groups is 1. The smallest absolute Gasteiger partial charge is 0.481 e. The lowest BCUT2D eigenvalue weighted by molar-refractivity contribution is -0.386. The zero-order valence-electron chi connectivity index (χ0n) is 18.0. The molecule has 0 aliphatic heterocycles. The molecule has 176 valence electrons. The molecule has 1 aliphatic rings. The Morgan fingerprint density at radius 2 is 1.71 bits per heavy atom. The molecule has 1 N–H and O–H groups in total. The van der Waals surface area contributed by atoms with E-state index in [0.717, 1.165) is 37.5 Å². The molecule has 2 rings (SSSR count). The summed E-state index contributed by atoms with van der Waals surface area (Å²) < 4.78 is 57.5. The molecule has 0 bridgehead atoms. The molecule has 1 aliphatic carbocycles. The van der Waals surface area contributed by atoms with E-state index in [4.69, 9.17) is 19.1 Å². The van der Waals surface area contributed by atoms with Gasteiger partial charge in [0.1, 0.15) is 11.9 Å². The van der Waals surface area contributed by atoms with Crippen molar-refractivity contribution in [3.63, 3.8) is 0 Å². The van der Waals surface area contributed by atoms with Gasteiger partial charge < -0.3 is 14.3 Å². The molecule has 0 saturated heterocycles. The van der Waals surface area contributed by atoms with Gasteiger partial charge in [-0.25, -0.2) is 9.18 Å². The molecule has 0 heterocycles. The van der Waals surface area contributed by atoms with Gasteiger partial charge in [-0.3, -0.25) is 10.1 Å². The highest BCUT2D eigenvalue weighted by Crippen LogP contribution is 2.40. The third-order valence-electron chi connectivity index (χ3n) is 5.28. The number of nitro groups is 1. The van der Waals surface area contributed by atoms with Crippen LogP contribution in [0.25, 0.3) is 0 Å². The summed E-state index contributed by atoms with van der Waals surface area (Å²) in [5.41, 5.74) is -0.214. The van der Waals surface area contributed by atoms with Crippen molar-refractivity contribution in [2.45, 2.75) is 76.6 Å². The summed E-state index contributed by atoms with van der Waals surface area (Å²) in [6.07, 6.45) is -2.91. The quantitative estimate of drug-likeness (QED) is 0.257. The molecule has 0 radical (unpaired) electrons. The average molecular weight is 470 g/mol. The van der Waals surface area contributed by atoms with Gasteiger partial charge in [0.15, 0.2) is 14.1 Å². The Hall–Kier alpha value is -2.21. The van der Waals surface area contributed by atoms with Crippen LogP contribution in [-0.4, -0.2) is 42.7 Å². The fraction of sp³-hybridized carbons (Fsp3) is 0.632. The Labute approximate surface area is 178 Å². The van der Waals surface area contributed by atoms with Crippen molar-refractivity contribution in [3.8, 4) is 5.75 Å². The first kappa shape index (κ1) is 26.8. The van der Waals surface area contributed by atoms with Gasteiger partial charge in [0.25, 0.3) is 0 Å². The molecular formula is C19H27F4NO6Si. The topological polar surface area (TPSA) is 98.9 Å². The molecule has 2 atom stereocenters. The third kappa shape index (κ3) is 7.76. The van der Waals surface area contributed by atoms with Crippen LogP contribution in [-0.2, 0) is 9.22 Å². The van der Waals surface area contributed by atoms with Gasteiger partial charge in [-0.05, 0) is 43.5 Å². The Morgan fingerprint density at radius 1 is 1.19 bits per heavy atom. The summed E-state index contributed by atoms with van der Waals surface area (Å²) in [7, 11) is -1.96. The monoisotopic (exact) mass is 469 g/mol. The van der Waals surface area contributed by atoms with Crippen LogP contribution in [0.4, 0.5) is 23.2 Å². The van der Waals surface area contributed by atoms with Gasteiger partial charge >= 0.3 is 17.8 Å². The second-order valence-electron chi connectivity index (χ2n) is 8.68. The average Bonchev–Trinajstić information content (AvgIpc) is 2.99. The van der Waals surface area contributed by atoms with E-state index in [0.29, 0.717) is 0 Å². The van der Waals surface area contributed by atoms with Crippen LogP contribution >= 0.6 is 0 Å². The Kier molecular flexibility index (Phi) is 8.60. The number of carboxylic acids is 1. The SMILES string of the molecule is CC(C)(C)[Si](C)(C)O[C@@H]1CCC[C@H]1Oc1cc(F)ccc1[N+](=O)[O-].O=C(O)C(F)(F)F. The molecule has 0 spiro atoms. The van der Waals surface area contributed by atoms with Gasteiger partial charge in [-0.15, -0.1) is 0 Å². The van der Waals surface area contributed by atoms with E-state index in [-0.39, 0.29) is 28.7 Å². The van der Waals surface area contributed by atoms with Crippen LogP contribution in [0.2, 0.25) is 18.1 Å². The number of halogens is 4. The number of nitro benzene ring substituents is 1. The zero-order valence-corrected chi connectivity index (χ0v) is 19.0. The van der Waals surface area contributed by atoms with E-state index in [1.807, 2.05) is 0 Å². The van der Waals surface area contributed by atoms with E-state index >= 15 is 0 Å². The van der Waals surface area contributed by atoms with E-state index in [1.54, 1.807) is 0 Å². The van der Waals surface area contributed by atoms with Crippen molar-refractivity contribution >= 4 is 20.0 Å². The highest BCUT2D eigenvalue weighted by Gasteiger charge is 2.43. The molecule has 31 heavy (non-hydrogen) atoms. The number of nitrogens with zero attached hydrogens (tertiary/aromatic N) is 1. The van der Waals surface area contributed by atoms with E-state index in [2.05, 4.69) is 33.9 Å². The van der Waals surface area contributed by atoms with Gasteiger partial charge in [0, 0.05) is 12.1 Å². The number of carboxylic acid groups (broad SMARTS) is 1.